The number of nitrogens with zero attached hydrogens (tertiary/aromatic N) is 4. The number of carbonyl (C=O) groups excluding carboxylic acids is 1. The van der Waals surface area contributed by atoms with Gasteiger partial charge in [-0.3, -0.25) is 4.79 Å². The molecule has 0 N–H and O–H groups in total. The topological polar surface area (TPSA) is 75.5 Å². The molecule has 0 unspecified atom stereocenters. The highest BCUT2D eigenvalue weighted by Crippen LogP contribution is 2.17. The van der Waals surface area contributed by atoms with E-state index in [9.17, 15) is 13.2 Å². The highest BCUT2D eigenvalue weighted by Gasteiger charge is 2.30. The highest BCUT2D eigenvalue weighted by molar-refractivity contribution is 7.89. The van der Waals surface area contributed by atoms with Crippen molar-refractivity contribution in [2.75, 3.05) is 26.2 Å². The number of aryl methyl sites for hydroxylation is 1. The van der Waals surface area contributed by atoms with Gasteiger partial charge in [-0.2, -0.15) is 4.31 Å². The third kappa shape index (κ3) is 3.86. The summed E-state index contributed by atoms with van der Waals surface area (Å²) in [6, 6.07) is 6.70. The molecule has 134 valence electrons. The van der Waals surface area contributed by atoms with E-state index in [0.29, 0.717) is 36.6 Å². The summed E-state index contributed by atoms with van der Waals surface area (Å²) in [4.78, 5) is 18.2. The van der Waals surface area contributed by atoms with E-state index < -0.39 is 10.0 Å². The fourth-order valence-electron chi connectivity index (χ4n) is 2.77. The van der Waals surface area contributed by atoms with Gasteiger partial charge in [0, 0.05) is 50.0 Å². The van der Waals surface area contributed by atoms with E-state index in [-0.39, 0.29) is 17.5 Å². The van der Waals surface area contributed by atoms with Gasteiger partial charge in [0.05, 0.1) is 6.33 Å². The maximum absolute atomic E-state index is 12.7. The number of hydrogen-bond acceptors (Lipinski definition) is 4. The number of benzene rings is 1. The molecular formula is C16H19ClN4O3S. The van der Waals surface area contributed by atoms with Crippen molar-refractivity contribution in [2.45, 2.75) is 11.4 Å². The minimum atomic E-state index is -3.64. The Hall–Kier alpha value is -1.90. The van der Waals surface area contributed by atoms with Gasteiger partial charge in [-0.15, -0.1) is 0 Å². The molecule has 1 amide bonds. The third-order valence-electron chi connectivity index (χ3n) is 4.12. The van der Waals surface area contributed by atoms with Crippen LogP contribution in [0, 0.1) is 0 Å². The van der Waals surface area contributed by atoms with Crippen LogP contribution in [0.25, 0.3) is 0 Å². The lowest BCUT2D eigenvalue weighted by molar-refractivity contribution is 0.0764. The predicted octanol–water partition coefficient (Wildman–Crippen LogP) is 1.61. The Kier molecular flexibility index (Phi) is 5.12. The first-order valence-electron chi connectivity index (χ1n) is 7.91. The summed E-state index contributed by atoms with van der Waals surface area (Å²) in [6.45, 7) is 1.46. The van der Waals surface area contributed by atoms with E-state index in [1.165, 1.54) is 16.8 Å². The molecule has 3 rings (SSSR count). The van der Waals surface area contributed by atoms with Crippen molar-refractivity contribution < 1.29 is 13.2 Å². The summed E-state index contributed by atoms with van der Waals surface area (Å²) in [6.07, 6.45) is 3.52. The monoisotopic (exact) mass is 382 g/mol. The summed E-state index contributed by atoms with van der Waals surface area (Å²) in [5.74, 6) is -0.117. The molecule has 0 aliphatic carbocycles. The SMILES string of the molecule is Cn1cnc(S(=O)(=O)N2CCCN(C(=O)c3ccc(Cl)cc3)CC2)c1. The second-order valence-electron chi connectivity index (χ2n) is 5.93. The van der Waals surface area contributed by atoms with Crippen molar-refractivity contribution in [3.05, 3.63) is 47.4 Å². The molecule has 1 aliphatic rings. The van der Waals surface area contributed by atoms with E-state index in [2.05, 4.69) is 4.98 Å². The van der Waals surface area contributed by atoms with Gasteiger partial charge in [0.2, 0.25) is 0 Å². The molecule has 2 aromatic rings. The molecule has 9 heteroatoms. The fraction of sp³-hybridized carbons (Fsp3) is 0.375. The van der Waals surface area contributed by atoms with Crippen LogP contribution in [0.5, 0.6) is 0 Å². The zero-order valence-corrected chi connectivity index (χ0v) is 15.4. The van der Waals surface area contributed by atoms with Crippen LogP contribution in [0.1, 0.15) is 16.8 Å². The molecule has 7 nitrogen and oxygen atoms in total. The molecule has 0 bridgehead atoms. The second-order valence-corrected chi connectivity index (χ2v) is 8.26. The highest BCUT2D eigenvalue weighted by atomic mass is 35.5. The number of hydrogen-bond donors (Lipinski definition) is 0. The van der Waals surface area contributed by atoms with Crippen molar-refractivity contribution in [3.63, 3.8) is 0 Å². The van der Waals surface area contributed by atoms with E-state index in [1.807, 2.05) is 0 Å². The molecule has 0 atom stereocenters. The molecule has 25 heavy (non-hydrogen) atoms. The summed E-state index contributed by atoms with van der Waals surface area (Å²) in [5, 5.41) is 0.604. The maximum Gasteiger partial charge on any atom is 0.262 e. The van der Waals surface area contributed by atoms with Crippen LogP contribution in [-0.2, 0) is 17.1 Å². The number of amides is 1. The Morgan fingerprint density at radius 1 is 1.12 bits per heavy atom. The fourth-order valence-corrected chi connectivity index (χ4v) is 4.33. The van der Waals surface area contributed by atoms with Crippen LogP contribution in [0.4, 0.5) is 0 Å². The largest absolute Gasteiger partial charge is 0.339 e. The van der Waals surface area contributed by atoms with Crippen LogP contribution in [0.2, 0.25) is 5.02 Å². The van der Waals surface area contributed by atoms with Crippen molar-refractivity contribution >= 4 is 27.5 Å². The molecule has 0 spiro atoms. The lowest BCUT2D eigenvalue weighted by Crippen LogP contribution is -2.37. The summed E-state index contributed by atoms with van der Waals surface area (Å²) in [5.41, 5.74) is 0.547. The summed E-state index contributed by atoms with van der Waals surface area (Å²) < 4.78 is 28.3. The number of aromatic nitrogens is 2. The third-order valence-corrected chi connectivity index (χ3v) is 6.16. The first kappa shape index (κ1) is 17.9. The first-order chi connectivity index (χ1) is 11.9. The number of carbonyl (C=O) groups is 1. The van der Waals surface area contributed by atoms with Crippen molar-refractivity contribution in [1.29, 1.82) is 0 Å². The van der Waals surface area contributed by atoms with Crippen molar-refractivity contribution in [2.24, 2.45) is 7.05 Å². The van der Waals surface area contributed by atoms with Crippen LogP contribution < -0.4 is 0 Å². The smallest absolute Gasteiger partial charge is 0.262 e. The van der Waals surface area contributed by atoms with Gasteiger partial charge < -0.3 is 9.47 Å². The van der Waals surface area contributed by atoms with Crippen LogP contribution in [-0.4, -0.2) is 59.3 Å². The summed E-state index contributed by atoms with van der Waals surface area (Å²) >= 11 is 5.85. The van der Waals surface area contributed by atoms with Crippen molar-refractivity contribution in [3.8, 4) is 0 Å². The van der Waals surface area contributed by atoms with Gasteiger partial charge in [-0.25, -0.2) is 13.4 Å². The van der Waals surface area contributed by atoms with Gasteiger partial charge in [0.1, 0.15) is 0 Å². The standard InChI is InChI=1S/C16H19ClN4O3S/c1-19-11-15(18-12-19)25(23,24)21-8-2-7-20(9-10-21)16(22)13-3-5-14(17)6-4-13/h3-6,11-12H,2,7-10H2,1H3. The van der Waals surface area contributed by atoms with Crippen molar-refractivity contribution in [1.82, 2.24) is 18.8 Å². The van der Waals surface area contributed by atoms with Gasteiger partial charge in [0.25, 0.3) is 15.9 Å². The molecule has 1 fully saturated rings. The molecule has 2 heterocycles. The maximum atomic E-state index is 12.7. The number of sulfonamides is 1. The molecule has 0 saturated carbocycles. The molecule has 1 aromatic heterocycles. The van der Waals surface area contributed by atoms with Crippen LogP contribution in [0.15, 0.2) is 41.8 Å². The minimum absolute atomic E-state index is 0.0347. The lowest BCUT2D eigenvalue weighted by Gasteiger charge is -2.21. The minimum Gasteiger partial charge on any atom is -0.339 e. The molecule has 1 aliphatic heterocycles. The Morgan fingerprint density at radius 3 is 2.48 bits per heavy atom. The molecular weight excluding hydrogens is 364 g/mol. The lowest BCUT2D eigenvalue weighted by atomic mass is 10.2. The Bertz CT molecular complexity index is 864. The average molecular weight is 383 g/mol. The Morgan fingerprint density at radius 2 is 1.84 bits per heavy atom. The van der Waals surface area contributed by atoms with E-state index >= 15 is 0 Å². The molecule has 1 saturated heterocycles. The molecule has 0 radical (unpaired) electrons. The zero-order valence-electron chi connectivity index (χ0n) is 13.8. The predicted molar refractivity (Wildman–Crippen MR) is 93.9 cm³/mol. The quantitative estimate of drug-likeness (QED) is 0.808. The number of imidazole rings is 1. The zero-order chi connectivity index (χ0) is 18.0. The van der Waals surface area contributed by atoms with E-state index in [1.54, 1.807) is 40.8 Å². The average Bonchev–Trinajstić information content (AvgIpc) is 2.88. The van der Waals surface area contributed by atoms with E-state index in [0.717, 1.165) is 0 Å². The Balaban J connectivity index is 1.72. The summed E-state index contributed by atoms with van der Waals surface area (Å²) in [7, 11) is -1.91. The van der Waals surface area contributed by atoms with Gasteiger partial charge in [-0.05, 0) is 30.7 Å². The number of halogens is 1. The van der Waals surface area contributed by atoms with E-state index in [4.69, 9.17) is 11.6 Å². The van der Waals surface area contributed by atoms with Crippen LogP contribution in [0.3, 0.4) is 0 Å². The van der Waals surface area contributed by atoms with Gasteiger partial charge >= 0.3 is 0 Å². The normalized spacial score (nSPS) is 16.6. The Labute approximate surface area is 151 Å². The molecule has 1 aromatic carbocycles. The number of rotatable bonds is 3. The van der Waals surface area contributed by atoms with Gasteiger partial charge in [-0.1, -0.05) is 11.6 Å². The first-order valence-corrected chi connectivity index (χ1v) is 9.73. The van der Waals surface area contributed by atoms with Crippen LogP contribution >= 0.6 is 11.6 Å². The second kappa shape index (κ2) is 7.15. The van der Waals surface area contributed by atoms with Gasteiger partial charge in [0.15, 0.2) is 5.03 Å².